The first-order valence-electron chi connectivity index (χ1n) is 13.6. The predicted octanol–water partition coefficient (Wildman–Crippen LogP) is 2.72. The average molecular weight is 597 g/mol. The van der Waals surface area contributed by atoms with Crippen LogP contribution in [0.1, 0.15) is 54.7 Å². The van der Waals surface area contributed by atoms with Crippen LogP contribution < -0.4 is 16.9 Å². The number of aromatic hydroxyl groups is 3. The summed E-state index contributed by atoms with van der Waals surface area (Å²) in [7, 11) is 0. The van der Waals surface area contributed by atoms with Crippen molar-refractivity contribution in [3.05, 3.63) is 83.4 Å². The number of aryl methyl sites for hydroxylation is 3. The molecule has 0 atom stereocenters. The standard InChI is InChI=1S/C30H36N4O9/c1-16-13-22(35)25(28(38)41-16)19(4)31-7-10-34(11-8-32-20(5)26-23(36)14-17(2)42-29(26)39)12-9-33-21(6)27-24(37)15-18(3)43-30(27)40/h13-15,35-37H,7-12H2,1-6H3. The molecule has 0 spiro atoms. The zero-order valence-corrected chi connectivity index (χ0v) is 25.1. The minimum Gasteiger partial charge on any atom is -0.507 e. The molecule has 0 unspecified atom stereocenters. The van der Waals surface area contributed by atoms with E-state index in [2.05, 4.69) is 15.0 Å². The number of hydrogen-bond acceptors (Lipinski definition) is 13. The Morgan fingerprint density at radius 1 is 0.581 bits per heavy atom. The van der Waals surface area contributed by atoms with Gasteiger partial charge in [0, 0.05) is 37.8 Å². The molecule has 0 aliphatic carbocycles. The van der Waals surface area contributed by atoms with Crippen LogP contribution in [0.15, 0.2) is 60.8 Å². The van der Waals surface area contributed by atoms with Gasteiger partial charge in [0.15, 0.2) is 0 Å². The molecule has 0 aliphatic rings. The topological polar surface area (TPSA) is 192 Å². The van der Waals surface area contributed by atoms with Gasteiger partial charge in [0.25, 0.3) is 0 Å². The van der Waals surface area contributed by atoms with E-state index < -0.39 is 16.9 Å². The zero-order chi connectivity index (χ0) is 31.8. The van der Waals surface area contributed by atoms with Gasteiger partial charge in [-0.1, -0.05) is 0 Å². The molecule has 13 heteroatoms. The van der Waals surface area contributed by atoms with Gasteiger partial charge >= 0.3 is 16.9 Å². The summed E-state index contributed by atoms with van der Waals surface area (Å²) in [6.07, 6.45) is 0. The Labute approximate surface area is 247 Å². The third-order valence-corrected chi connectivity index (χ3v) is 6.54. The first-order valence-corrected chi connectivity index (χ1v) is 13.6. The van der Waals surface area contributed by atoms with Crippen LogP contribution >= 0.6 is 0 Å². The molecular weight excluding hydrogens is 560 g/mol. The zero-order valence-electron chi connectivity index (χ0n) is 25.1. The summed E-state index contributed by atoms with van der Waals surface area (Å²) in [4.78, 5) is 52.0. The SMILES string of the molecule is CC(=NCCN(CCN=C(C)c1c(O)cc(C)oc1=O)CCN=C(C)c1c(O)cc(C)oc1=O)c1c(O)cc(C)oc1=O. The lowest BCUT2D eigenvalue weighted by atomic mass is 10.1. The van der Waals surface area contributed by atoms with E-state index in [-0.39, 0.29) is 70.9 Å². The second-order valence-electron chi connectivity index (χ2n) is 9.96. The van der Waals surface area contributed by atoms with E-state index in [1.807, 2.05) is 4.90 Å². The maximum Gasteiger partial charge on any atom is 0.348 e. The fraction of sp³-hybridized carbons (Fsp3) is 0.400. The molecule has 230 valence electrons. The van der Waals surface area contributed by atoms with E-state index in [4.69, 9.17) is 13.3 Å². The maximum atomic E-state index is 12.2. The van der Waals surface area contributed by atoms with Crippen molar-refractivity contribution in [1.29, 1.82) is 0 Å². The fourth-order valence-corrected chi connectivity index (χ4v) is 4.44. The van der Waals surface area contributed by atoms with Crippen LogP contribution in [0, 0.1) is 20.8 Å². The van der Waals surface area contributed by atoms with Crippen LogP contribution in [0.3, 0.4) is 0 Å². The lowest BCUT2D eigenvalue weighted by Gasteiger charge is -2.20. The molecule has 0 aliphatic heterocycles. The molecule has 0 bridgehead atoms. The second kappa shape index (κ2) is 14.4. The van der Waals surface area contributed by atoms with Gasteiger partial charge in [0.05, 0.1) is 36.8 Å². The Morgan fingerprint density at radius 3 is 1.07 bits per heavy atom. The van der Waals surface area contributed by atoms with Crippen molar-refractivity contribution in [3.8, 4) is 17.2 Å². The van der Waals surface area contributed by atoms with Gasteiger partial charge in [-0.3, -0.25) is 19.9 Å². The molecule has 0 saturated heterocycles. The number of nitrogens with zero attached hydrogens (tertiary/aromatic N) is 4. The van der Waals surface area contributed by atoms with Gasteiger partial charge in [-0.15, -0.1) is 0 Å². The van der Waals surface area contributed by atoms with Crippen molar-refractivity contribution in [2.75, 3.05) is 39.3 Å². The van der Waals surface area contributed by atoms with Gasteiger partial charge < -0.3 is 28.6 Å². The highest BCUT2D eigenvalue weighted by Gasteiger charge is 2.16. The van der Waals surface area contributed by atoms with E-state index in [0.29, 0.717) is 36.8 Å². The Kier molecular flexibility index (Phi) is 11.0. The van der Waals surface area contributed by atoms with E-state index >= 15 is 0 Å². The number of hydrogen-bond donors (Lipinski definition) is 3. The Balaban J connectivity index is 1.77. The van der Waals surface area contributed by atoms with Crippen molar-refractivity contribution in [2.24, 2.45) is 15.0 Å². The average Bonchev–Trinajstić information content (AvgIpc) is 2.86. The highest BCUT2D eigenvalue weighted by Crippen LogP contribution is 2.17. The largest absolute Gasteiger partial charge is 0.507 e. The van der Waals surface area contributed by atoms with E-state index in [1.165, 1.54) is 18.2 Å². The van der Waals surface area contributed by atoms with Crippen molar-refractivity contribution >= 4 is 17.1 Å². The summed E-state index contributed by atoms with van der Waals surface area (Å²) >= 11 is 0. The van der Waals surface area contributed by atoms with Gasteiger partial charge in [-0.25, -0.2) is 14.4 Å². The first-order chi connectivity index (χ1) is 20.3. The molecule has 0 radical (unpaired) electrons. The second-order valence-corrected chi connectivity index (χ2v) is 9.96. The summed E-state index contributed by atoms with van der Waals surface area (Å²) in [5.74, 6) is 0.207. The fourth-order valence-electron chi connectivity index (χ4n) is 4.44. The van der Waals surface area contributed by atoms with Crippen molar-refractivity contribution in [1.82, 2.24) is 4.90 Å². The quantitative estimate of drug-likeness (QED) is 0.262. The lowest BCUT2D eigenvalue weighted by molar-refractivity contribution is 0.298. The van der Waals surface area contributed by atoms with Crippen molar-refractivity contribution in [3.63, 3.8) is 0 Å². The third kappa shape index (κ3) is 8.61. The minimum absolute atomic E-state index is 0.00827. The summed E-state index contributed by atoms with van der Waals surface area (Å²) in [6, 6.07) is 4.05. The Morgan fingerprint density at radius 2 is 0.837 bits per heavy atom. The van der Waals surface area contributed by atoms with Crippen LogP contribution in [-0.2, 0) is 0 Å². The van der Waals surface area contributed by atoms with E-state index in [1.54, 1.807) is 41.5 Å². The molecule has 0 aromatic carbocycles. The molecule has 3 aromatic heterocycles. The predicted molar refractivity (Wildman–Crippen MR) is 162 cm³/mol. The molecule has 3 rings (SSSR count). The van der Waals surface area contributed by atoms with Crippen molar-refractivity contribution in [2.45, 2.75) is 41.5 Å². The first kappa shape index (κ1) is 32.7. The highest BCUT2D eigenvalue weighted by atomic mass is 16.4. The highest BCUT2D eigenvalue weighted by molar-refractivity contribution is 6.01. The third-order valence-electron chi connectivity index (χ3n) is 6.54. The van der Waals surface area contributed by atoms with Crippen LogP contribution in [0.5, 0.6) is 17.2 Å². The lowest BCUT2D eigenvalue weighted by Crippen LogP contribution is -2.32. The normalized spacial score (nSPS) is 12.8. The number of rotatable bonds is 12. The maximum absolute atomic E-state index is 12.2. The molecule has 3 heterocycles. The monoisotopic (exact) mass is 596 g/mol. The molecule has 43 heavy (non-hydrogen) atoms. The molecule has 0 amide bonds. The summed E-state index contributed by atoms with van der Waals surface area (Å²) in [5.41, 5.74) is -1.12. The Bertz CT molecular complexity index is 1540. The van der Waals surface area contributed by atoms with Crippen LogP contribution in [-0.4, -0.2) is 76.6 Å². The van der Waals surface area contributed by atoms with Gasteiger partial charge in [-0.05, 0) is 41.5 Å². The molecule has 13 nitrogen and oxygen atoms in total. The molecule has 3 aromatic rings. The van der Waals surface area contributed by atoms with Gasteiger partial charge in [0.2, 0.25) is 0 Å². The van der Waals surface area contributed by atoms with Crippen LogP contribution in [0.4, 0.5) is 0 Å². The molecule has 0 saturated carbocycles. The summed E-state index contributed by atoms with van der Waals surface area (Å²) in [6.45, 7) is 11.5. The molecule has 0 fully saturated rings. The smallest absolute Gasteiger partial charge is 0.348 e. The van der Waals surface area contributed by atoms with E-state index in [9.17, 15) is 29.7 Å². The van der Waals surface area contributed by atoms with Gasteiger partial charge in [0.1, 0.15) is 51.2 Å². The van der Waals surface area contributed by atoms with Crippen LogP contribution in [0.2, 0.25) is 0 Å². The van der Waals surface area contributed by atoms with Gasteiger partial charge in [-0.2, -0.15) is 0 Å². The van der Waals surface area contributed by atoms with Crippen molar-refractivity contribution < 1.29 is 28.6 Å². The summed E-state index contributed by atoms with van der Waals surface area (Å²) in [5, 5.41) is 30.6. The minimum atomic E-state index is -0.682. The molecular formula is C30H36N4O9. The van der Waals surface area contributed by atoms with E-state index in [0.717, 1.165) is 0 Å². The Hall–Kier alpha value is -4.78. The number of aliphatic imine (C=N–C) groups is 3. The van der Waals surface area contributed by atoms with Crippen LogP contribution in [0.25, 0.3) is 0 Å². The molecule has 3 N–H and O–H groups in total. The summed E-state index contributed by atoms with van der Waals surface area (Å²) < 4.78 is 15.2.